The summed E-state index contributed by atoms with van der Waals surface area (Å²) in [6.45, 7) is 4.25. The zero-order chi connectivity index (χ0) is 14.9. The molecular formula is C14H18N2O2S2. The molecule has 0 aliphatic heterocycles. The second-order valence-electron chi connectivity index (χ2n) is 4.80. The third-order valence-electron chi connectivity index (χ3n) is 3.05. The number of nitrogens with zero attached hydrogens (tertiary/aromatic N) is 1. The number of aryl methyl sites for hydroxylation is 2. The zero-order valence-corrected chi connectivity index (χ0v) is 13.4. The summed E-state index contributed by atoms with van der Waals surface area (Å²) in [7, 11) is -1.94. The quantitative estimate of drug-likeness (QED) is 0.944. The van der Waals surface area contributed by atoms with Crippen molar-refractivity contribution in [1.29, 1.82) is 0 Å². The van der Waals surface area contributed by atoms with Crippen LogP contribution >= 0.6 is 11.3 Å². The van der Waals surface area contributed by atoms with Gasteiger partial charge in [0.2, 0.25) is 0 Å². The summed E-state index contributed by atoms with van der Waals surface area (Å²) in [6.07, 6.45) is 0. The van der Waals surface area contributed by atoms with Crippen LogP contribution in [0.25, 0.3) is 0 Å². The van der Waals surface area contributed by atoms with Gasteiger partial charge in [-0.3, -0.25) is 4.31 Å². The van der Waals surface area contributed by atoms with Crippen LogP contribution in [-0.2, 0) is 16.6 Å². The SMILES string of the molecule is Cc1cc(C)cc(N(C)S(=O)(=O)c2cc(CN)cs2)c1. The topological polar surface area (TPSA) is 63.4 Å². The summed E-state index contributed by atoms with van der Waals surface area (Å²) < 4.78 is 26.8. The zero-order valence-electron chi connectivity index (χ0n) is 11.8. The van der Waals surface area contributed by atoms with Crippen molar-refractivity contribution in [2.75, 3.05) is 11.4 Å². The number of benzene rings is 1. The molecule has 0 saturated heterocycles. The Morgan fingerprint density at radius 2 is 1.75 bits per heavy atom. The predicted molar refractivity (Wildman–Crippen MR) is 83.7 cm³/mol. The lowest BCUT2D eigenvalue weighted by atomic mass is 10.1. The number of hydrogen-bond acceptors (Lipinski definition) is 4. The van der Waals surface area contributed by atoms with E-state index < -0.39 is 10.0 Å². The van der Waals surface area contributed by atoms with Crippen molar-refractivity contribution >= 4 is 27.0 Å². The maximum atomic E-state index is 12.6. The number of hydrogen-bond donors (Lipinski definition) is 1. The smallest absolute Gasteiger partial charge is 0.273 e. The van der Waals surface area contributed by atoms with Crippen molar-refractivity contribution in [1.82, 2.24) is 0 Å². The van der Waals surface area contributed by atoms with E-state index in [1.807, 2.05) is 32.0 Å². The number of thiophene rings is 1. The summed E-state index contributed by atoms with van der Waals surface area (Å²) in [6, 6.07) is 7.38. The molecule has 0 amide bonds. The molecular weight excluding hydrogens is 292 g/mol. The Balaban J connectivity index is 2.42. The normalized spacial score (nSPS) is 11.6. The van der Waals surface area contributed by atoms with E-state index in [0.717, 1.165) is 16.7 Å². The molecule has 0 aliphatic carbocycles. The predicted octanol–water partition coefficient (Wildman–Crippen LogP) is 2.65. The second kappa shape index (κ2) is 5.55. The first-order chi connectivity index (χ1) is 9.34. The molecule has 0 fully saturated rings. The van der Waals surface area contributed by atoms with Crippen LogP contribution < -0.4 is 10.0 Å². The van der Waals surface area contributed by atoms with Gasteiger partial charge in [0.15, 0.2) is 0 Å². The Morgan fingerprint density at radius 1 is 1.15 bits per heavy atom. The first-order valence-corrected chi connectivity index (χ1v) is 8.51. The lowest BCUT2D eigenvalue weighted by molar-refractivity contribution is 0.596. The summed E-state index contributed by atoms with van der Waals surface area (Å²) in [5.74, 6) is 0. The van der Waals surface area contributed by atoms with Gasteiger partial charge in [0.25, 0.3) is 10.0 Å². The molecule has 6 heteroatoms. The molecule has 2 aromatic rings. The van der Waals surface area contributed by atoms with Crippen molar-refractivity contribution < 1.29 is 8.42 Å². The molecule has 2 N–H and O–H groups in total. The third-order valence-corrected chi connectivity index (χ3v) is 6.30. The Hall–Kier alpha value is -1.37. The molecule has 0 bridgehead atoms. The minimum absolute atomic E-state index is 0.319. The van der Waals surface area contributed by atoms with Gasteiger partial charge in [0, 0.05) is 13.6 Å². The largest absolute Gasteiger partial charge is 0.326 e. The first-order valence-electron chi connectivity index (χ1n) is 6.19. The van der Waals surface area contributed by atoms with E-state index in [-0.39, 0.29) is 0 Å². The van der Waals surface area contributed by atoms with Gasteiger partial charge in [-0.1, -0.05) is 6.07 Å². The fourth-order valence-electron chi connectivity index (χ4n) is 2.00. The van der Waals surface area contributed by atoms with Gasteiger partial charge in [0.1, 0.15) is 4.21 Å². The third kappa shape index (κ3) is 2.87. The highest BCUT2D eigenvalue weighted by Gasteiger charge is 2.23. The van der Waals surface area contributed by atoms with E-state index >= 15 is 0 Å². The van der Waals surface area contributed by atoms with Gasteiger partial charge in [0.05, 0.1) is 5.69 Å². The van der Waals surface area contributed by atoms with E-state index in [4.69, 9.17) is 5.73 Å². The molecule has 4 nitrogen and oxygen atoms in total. The Morgan fingerprint density at radius 3 is 2.25 bits per heavy atom. The maximum absolute atomic E-state index is 12.6. The van der Waals surface area contributed by atoms with Crippen LogP contribution in [0.15, 0.2) is 33.9 Å². The van der Waals surface area contributed by atoms with E-state index in [1.54, 1.807) is 18.5 Å². The molecule has 1 heterocycles. The van der Waals surface area contributed by atoms with Crippen molar-refractivity contribution in [3.63, 3.8) is 0 Å². The van der Waals surface area contributed by atoms with Crippen molar-refractivity contribution in [2.45, 2.75) is 24.6 Å². The van der Waals surface area contributed by atoms with E-state index in [2.05, 4.69) is 0 Å². The number of sulfonamides is 1. The highest BCUT2D eigenvalue weighted by Crippen LogP contribution is 2.28. The molecule has 1 aromatic carbocycles. The van der Waals surface area contributed by atoms with E-state index in [1.165, 1.54) is 15.6 Å². The highest BCUT2D eigenvalue weighted by atomic mass is 32.2. The van der Waals surface area contributed by atoms with Gasteiger partial charge in [-0.05, 0) is 54.1 Å². The Labute approximate surface area is 123 Å². The molecule has 1 aromatic heterocycles. The van der Waals surface area contributed by atoms with Crippen LogP contribution in [0.3, 0.4) is 0 Å². The molecule has 0 aliphatic rings. The van der Waals surface area contributed by atoms with Crippen LogP contribution in [0.4, 0.5) is 5.69 Å². The molecule has 0 unspecified atom stereocenters. The van der Waals surface area contributed by atoms with Crippen LogP contribution in [0, 0.1) is 13.8 Å². The van der Waals surface area contributed by atoms with Crippen LogP contribution in [0.5, 0.6) is 0 Å². The molecule has 0 atom stereocenters. The standard InChI is InChI=1S/C14H18N2O2S2/c1-10-4-11(2)6-13(5-10)16(3)20(17,18)14-7-12(8-15)9-19-14/h4-7,9H,8,15H2,1-3H3. The molecule has 0 saturated carbocycles. The lowest BCUT2D eigenvalue weighted by Crippen LogP contribution is -2.26. The summed E-state index contributed by atoms with van der Waals surface area (Å²) in [5.41, 5.74) is 9.11. The minimum atomic E-state index is -3.52. The van der Waals surface area contributed by atoms with Gasteiger partial charge < -0.3 is 5.73 Å². The Bertz CT molecular complexity index is 700. The summed E-state index contributed by atoms with van der Waals surface area (Å²) >= 11 is 1.20. The number of anilines is 1. The molecule has 108 valence electrons. The average Bonchev–Trinajstić information content (AvgIpc) is 2.86. The Kier molecular flexibility index (Phi) is 4.17. The first kappa shape index (κ1) is 15.0. The van der Waals surface area contributed by atoms with Gasteiger partial charge >= 0.3 is 0 Å². The fraction of sp³-hybridized carbons (Fsp3) is 0.286. The highest BCUT2D eigenvalue weighted by molar-refractivity contribution is 7.94. The fourth-order valence-corrected chi connectivity index (χ4v) is 4.57. The van der Waals surface area contributed by atoms with Crippen molar-refractivity contribution in [3.05, 3.63) is 46.3 Å². The van der Waals surface area contributed by atoms with Gasteiger partial charge in [-0.15, -0.1) is 11.3 Å². The van der Waals surface area contributed by atoms with Crippen LogP contribution in [-0.4, -0.2) is 15.5 Å². The lowest BCUT2D eigenvalue weighted by Gasteiger charge is -2.19. The second-order valence-corrected chi connectivity index (χ2v) is 7.90. The monoisotopic (exact) mass is 310 g/mol. The average molecular weight is 310 g/mol. The van der Waals surface area contributed by atoms with Crippen LogP contribution in [0.1, 0.15) is 16.7 Å². The minimum Gasteiger partial charge on any atom is -0.326 e. The summed E-state index contributed by atoms with van der Waals surface area (Å²) in [5, 5.41) is 1.78. The molecule has 0 radical (unpaired) electrons. The van der Waals surface area contributed by atoms with Gasteiger partial charge in [-0.2, -0.15) is 0 Å². The maximum Gasteiger partial charge on any atom is 0.273 e. The molecule has 2 rings (SSSR count). The molecule has 20 heavy (non-hydrogen) atoms. The van der Waals surface area contributed by atoms with Crippen molar-refractivity contribution in [3.8, 4) is 0 Å². The summed E-state index contributed by atoms with van der Waals surface area (Å²) in [4.78, 5) is 0. The van der Waals surface area contributed by atoms with Crippen molar-refractivity contribution in [2.24, 2.45) is 5.73 Å². The number of rotatable bonds is 4. The van der Waals surface area contributed by atoms with E-state index in [0.29, 0.717) is 16.4 Å². The number of nitrogens with two attached hydrogens (primary N) is 1. The van der Waals surface area contributed by atoms with Gasteiger partial charge in [-0.25, -0.2) is 8.42 Å². The van der Waals surface area contributed by atoms with Crippen LogP contribution in [0.2, 0.25) is 0 Å². The van der Waals surface area contributed by atoms with E-state index in [9.17, 15) is 8.42 Å². The molecule has 0 spiro atoms.